The first-order valence-corrected chi connectivity index (χ1v) is 4.05. The Labute approximate surface area is 65.5 Å². The van der Waals surface area contributed by atoms with Crippen molar-refractivity contribution in [3.8, 4) is 0 Å². The molecule has 58 valence electrons. The summed E-state index contributed by atoms with van der Waals surface area (Å²) >= 11 is 5.53. The SMILES string of the molecule is CCOC(=O)[C@H]1C[C@@H]1CCl. The lowest BCUT2D eigenvalue weighted by Crippen LogP contribution is -2.07. The molecule has 0 bridgehead atoms. The summed E-state index contributed by atoms with van der Waals surface area (Å²) < 4.78 is 4.80. The van der Waals surface area contributed by atoms with E-state index in [1.807, 2.05) is 6.92 Å². The molecule has 0 aromatic heterocycles. The molecule has 2 atom stereocenters. The maximum Gasteiger partial charge on any atom is 0.309 e. The minimum atomic E-state index is -0.0758. The van der Waals surface area contributed by atoms with Crippen molar-refractivity contribution >= 4 is 17.6 Å². The molecule has 0 amide bonds. The maximum atomic E-state index is 10.9. The highest BCUT2D eigenvalue weighted by atomic mass is 35.5. The van der Waals surface area contributed by atoms with Crippen LogP contribution in [0.25, 0.3) is 0 Å². The van der Waals surface area contributed by atoms with Crippen LogP contribution in [0, 0.1) is 11.8 Å². The van der Waals surface area contributed by atoms with Gasteiger partial charge in [0, 0.05) is 5.88 Å². The Morgan fingerprint density at radius 3 is 2.90 bits per heavy atom. The zero-order valence-corrected chi connectivity index (χ0v) is 6.73. The zero-order chi connectivity index (χ0) is 7.56. The Hall–Kier alpha value is -0.240. The van der Waals surface area contributed by atoms with Gasteiger partial charge in [0.1, 0.15) is 0 Å². The lowest BCUT2D eigenvalue weighted by atomic mass is 10.3. The number of ether oxygens (including phenoxy) is 1. The third kappa shape index (κ3) is 1.63. The summed E-state index contributed by atoms with van der Waals surface area (Å²) in [5.41, 5.74) is 0. The van der Waals surface area contributed by atoms with E-state index in [-0.39, 0.29) is 11.9 Å². The van der Waals surface area contributed by atoms with Crippen molar-refractivity contribution in [1.82, 2.24) is 0 Å². The molecule has 0 aliphatic heterocycles. The highest BCUT2D eigenvalue weighted by molar-refractivity contribution is 6.18. The molecule has 0 N–H and O–H groups in total. The molecular formula is C7H11ClO2. The minimum absolute atomic E-state index is 0.0758. The number of rotatable bonds is 3. The summed E-state index contributed by atoms with van der Waals surface area (Å²) in [6.45, 7) is 2.29. The van der Waals surface area contributed by atoms with Gasteiger partial charge in [-0.3, -0.25) is 4.79 Å². The molecule has 1 aliphatic carbocycles. The summed E-state index contributed by atoms with van der Waals surface area (Å²) in [6.07, 6.45) is 0.919. The van der Waals surface area contributed by atoms with Gasteiger partial charge in [0.25, 0.3) is 0 Å². The first-order valence-electron chi connectivity index (χ1n) is 3.52. The summed E-state index contributed by atoms with van der Waals surface area (Å²) in [4.78, 5) is 10.9. The van der Waals surface area contributed by atoms with Crippen LogP contribution in [-0.2, 0) is 9.53 Å². The molecule has 1 fully saturated rings. The quantitative estimate of drug-likeness (QED) is 0.464. The van der Waals surface area contributed by atoms with Crippen molar-refractivity contribution in [1.29, 1.82) is 0 Å². The Morgan fingerprint density at radius 2 is 2.50 bits per heavy atom. The number of alkyl halides is 1. The molecule has 0 aromatic carbocycles. The molecule has 1 aliphatic rings. The van der Waals surface area contributed by atoms with Crippen molar-refractivity contribution in [2.45, 2.75) is 13.3 Å². The van der Waals surface area contributed by atoms with E-state index in [1.165, 1.54) is 0 Å². The van der Waals surface area contributed by atoms with Crippen LogP contribution >= 0.6 is 11.6 Å². The van der Waals surface area contributed by atoms with E-state index in [2.05, 4.69) is 0 Å². The van der Waals surface area contributed by atoms with Gasteiger partial charge in [-0.2, -0.15) is 0 Å². The van der Waals surface area contributed by atoms with Crippen LogP contribution in [0.5, 0.6) is 0 Å². The lowest BCUT2D eigenvalue weighted by molar-refractivity contribution is -0.144. The largest absolute Gasteiger partial charge is 0.466 e. The summed E-state index contributed by atoms with van der Waals surface area (Å²) in [7, 11) is 0. The van der Waals surface area contributed by atoms with Gasteiger partial charge in [-0.15, -0.1) is 11.6 Å². The first-order chi connectivity index (χ1) is 4.79. The normalized spacial score (nSPS) is 29.8. The minimum Gasteiger partial charge on any atom is -0.466 e. The fraction of sp³-hybridized carbons (Fsp3) is 0.857. The number of esters is 1. The molecule has 3 heteroatoms. The molecule has 2 nitrogen and oxygen atoms in total. The van der Waals surface area contributed by atoms with Crippen LogP contribution in [0.3, 0.4) is 0 Å². The number of hydrogen-bond acceptors (Lipinski definition) is 2. The van der Waals surface area contributed by atoms with Gasteiger partial charge in [-0.1, -0.05) is 0 Å². The van der Waals surface area contributed by atoms with E-state index in [0.29, 0.717) is 18.4 Å². The van der Waals surface area contributed by atoms with Crippen molar-refractivity contribution < 1.29 is 9.53 Å². The van der Waals surface area contributed by atoms with Gasteiger partial charge >= 0.3 is 5.97 Å². The molecule has 0 unspecified atom stereocenters. The fourth-order valence-corrected chi connectivity index (χ4v) is 1.30. The van der Waals surface area contributed by atoms with E-state index in [1.54, 1.807) is 0 Å². The number of hydrogen-bond donors (Lipinski definition) is 0. The van der Waals surface area contributed by atoms with Gasteiger partial charge in [-0.25, -0.2) is 0 Å². The zero-order valence-electron chi connectivity index (χ0n) is 5.97. The average molecular weight is 163 g/mol. The fourth-order valence-electron chi connectivity index (χ4n) is 0.956. The summed E-state index contributed by atoms with van der Waals surface area (Å²) in [6, 6.07) is 0. The van der Waals surface area contributed by atoms with Gasteiger partial charge in [0.15, 0.2) is 0 Å². The molecule has 0 spiro atoms. The van der Waals surface area contributed by atoms with Crippen LogP contribution in [0.2, 0.25) is 0 Å². The monoisotopic (exact) mass is 162 g/mol. The Balaban J connectivity index is 2.19. The highest BCUT2D eigenvalue weighted by Crippen LogP contribution is 2.40. The second kappa shape index (κ2) is 3.24. The third-order valence-corrected chi connectivity index (χ3v) is 2.11. The van der Waals surface area contributed by atoms with Crippen molar-refractivity contribution in [3.63, 3.8) is 0 Å². The smallest absolute Gasteiger partial charge is 0.309 e. The predicted octanol–water partition coefficient (Wildman–Crippen LogP) is 1.42. The van der Waals surface area contributed by atoms with E-state index in [0.717, 1.165) is 6.42 Å². The van der Waals surface area contributed by atoms with Crippen molar-refractivity contribution in [2.75, 3.05) is 12.5 Å². The van der Waals surface area contributed by atoms with E-state index in [4.69, 9.17) is 16.3 Å². The van der Waals surface area contributed by atoms with Crippen LogP contribution in [0.1, 0.15) is 13.3 Å². The molecule has 10 heavy (non-hydrogen) atoms. The van der Waals surface area contributed by atoms with Crippen LogP contribution in [0.4, 0.5) is 0 Å². The van der Waals surface area contributed by atoms with Gasteiger partial charge in [0.05, 0.1) is 12.5 Å². The molecule has 0 heterocycles. The first kappa shape index (κ1) is 7.86. The van der Waals surface area contributed by atoms with Gasteiger partial charge < -0.3 is 4.74 Å². The van der Waals surface area contributed by atoms with Crippen molar-refractivity contribution in [2.24, 2.45) is 11.8 Å². The van der Waals surface area contributed by atoms with Gasteiger partial charge in [-0.05, 0) is 19.3 Å². The van der Waals surface area contributed by atoms with Crippen LogP contribution < -0.4 is 0 Å². The Bertz CT molecular complexity index is 136. The molecule has 1 rings (SSSR count). The maximum absolute atomic E-state index is 10.9. The average Bonchev–Trinajstić information content (AvgIpc) is 2.66. The standard InChI is InChI=1S/C7H11ClO2/c1-2-10-7(9)6-3-5(6)4-8/h5-6H,2-4H2,1H3/t5-,6+/m1/s1. The Kier molecular flexibility index (Phi) is 2.55. The van der Waals surface area contributed by atoms with Crippen molar-refractivity contribution in [3.05, 3.63) is 0 Å². The van der Waals surface area contributed by atoms with E-state index >= 15 is 0 Å². The van der Waals surface area contributed by atoms with E-state index in [9.17, 15) is 4.79 Å². The van der Waals surface area contributed by atoms with Crippen LogP contribution in [0.15, 0.2) is 0 Å². The topological polar surface area (TPSA) is 26.3 Å². The van der Waals surface area contributed by atoms with Crippen LogP contribution in [-0.4, -0.2) is 18.5 Å². The molecule has 1 saturated carbocycles. The number of carbonyl (C=O) groups is 1. The molecular weight excluding hydrogens is 152 g/mol. The lowest BCUT2D eigenvalue weighted by Gasteiger charge is -1.97. The second-order valence-corrected chi connectivity index (χ2v) is 2.82. The molecule has 0 saturated heterocycles. The molecule has 0 aromatic rings. The van der Waals surface area contributed by atoms with E-state index < -0.39 is 0 Å². The predicted molar refractivity (Wildman–Crippen MR) is 39.0 cm³/mol. The van der Waals surface area contributed by atoms with Gasteiger partial charge in [0.2, 0.25) is 0 Å². The third-order valence-electron chi connectivity index (χ3n) is 1.71. The highest BCUT2D eigenvalue weighted by Gasteiger charge is 2.43. The summed E-state index contributed by atoms with van der Waals surface area (Å²) in [5, 5.41) is 0. The number of carbonyl (C=O) groups excluding carboxylic acids is 1. The summed E-state index contributed by atoms with van der Waals surface area (Å²) in [5.74, 6) is 1.01. The molecule has 0 radical (unpaired) electrons. The second-order valence-electron chi connectivity index (χ2n) is 2.51. The number of halogens is 1. The Morgan fingerprint density at radius 1 is 1.80 bits per heavy atom.